The maximum Gasteiger partial charge on any atom is 0.268 e. The minimum absolute atomic E-state index is 0.168. The van der Waals surface area contributed by atoms with E-state index >= 15 is 0 Å². The van der Waals surface area contributed by atoms with Crippen molar-refractivity contribution >= 4 is 28.0 Å². The van der Waals surface area contributed by atoms with Crippen LogP contribution in [0.25, 0.3) is 32.3 Å². The molecule has 5 aromatic rings. The molecule has 26 heavy (non-hydrogen) atoms. The van der Waals surface area contributed by atoms with Gasteiger partial charge in [0.2, 0.25) is 0 Å². The standard InChI is InChI=1S/C18H12N6OS/c1-11-15-13(24-17(22-11)20-10-21-24)7-8-23(16(15)25)18-19-9-14(26-18)12-5-3-2-4-6-12/h2-10H,1H3. The number of aromatic nitrogens is 6. The molecule has 0 spiro atoms. The number of rotatable bonds is 2. The Morgan fingerprint density at radius 1 is 1.08 bits per heavy atom. The predicted octanol–water partition coefficient (Wildman–Crippen LogP) is 2.86. The Morgan fingerprint density at radius 2 is 1.92 bits per heavy atom. The zero-order valence-electron chi connectivity index (χ0n) is 13.7. The van der Waals surface area contributed by atoms with Crippen LogP contribution in [0.2, 0.25) is 0 Å². The second-order valence-electron chi connectivity index (χ2n) is 5.79. The average Bonchev–Trinajstić information content (AvgIpc) is 3.32. The molecule has 0 amide bonds. The van der Waals surface area contributed by atoms with E-state index in [2.05, 4.69) is 20.1 Å². The first-order valence-corrected chi connectivity index (χ1v) is 8.77. The monoisotopic (exact) mass is 360 g/mol. The molecule has 0 atom stereocenters. The number of pyridine rings is 1. The van der Waals surface area contributed by atoms with Crippen molar-refractivity contribution in [1.82, 2.24) is 29.1 Å². The Morgan fingerprint density at radius 3 is 2.77 bits per heavy atom. The fraction of sp³-hybridized carbons (Fsp3) is 0.0556. The normalized spacial score (nSPS) is 11.4. The summed E-state index contributed by atoms with van der Waals surface area (Å²) in [7, 11) is 0. The molecule has 0 saturated carbocycles. The van der Waals surface area contributed by atoms with Gasteiger partial charge in [0.25, 0.3) is 11.3 Å². The van der Waals surface area contributed by atoms with Gasteiger partial charge in [0.15, 0.2) is 5.13 Å². The van der Waals surface area contributed by atoms with Crippen molar-refractivity contribution in [3.63, 3.8) is 0 Å². The molecule has 0 N–H and O–H groups in total. The maximum atomic E-state index is 13.1. The zero-order valence-corrected chi connectivity index (χ0v) is 14.5. The molecule has 5 rings (SSSR count). The second kappa shape index (κ2) is 5.57. The van der Waals surface area contributed by atoms with Crippen LogP contribution in [0.3, 0.4) is 0 Å². The first-order valence-electron chi connectivity index (χ1n) is 7.96. The van der Waals surface area contributed by atoms with Gasteiger partial charge in [-0.2, -0.15) is 14.6 Å². The van der Waals surface area contributed by atoms with E-state index in [0.717, 1.165) is 10.4 Å². The van der Waals surface area contributed by atoms with Gasteiger partial charge in [-0.3, -0.25) is 9.36 Å². The van der Waals surface area contributed by atoms with Gasteiger partial charge in [-0.15, -0.1) is 0 Å². The van der Waals surface area contributed by atoms with Crippen LogP contribution in [-0.4, -0.2) is 29.1 Å². The molecule has 8 heteroatoms. The third kappa shape index (κ3) is 2.16. The van der Waals surface area contributed by atoms with Crippen LogP contribution in [0.4, 0.5) is 0 Å². The number of aryl methyl sites for hydroxylation is 1. The van der Waals surface area contributed by atoms with E-state index in [4.69, 9.17) is 0 Å². The third-order valence-electron chi connectivity index (χ3n) is 4.22. The first-order chi connectivity index (χ1) is 12.7. The number of hydrogen-bond acceptors (Lipinski definition) is 6. The highest BCUT2D eigenvalue weighted by atomic mass is 32.1. The molecule has 0 aliphatic heterocycles. The van der Waals surface area contributed by atoms with E-state index in [1.807, 2.05) is 36.4 Å². The van der Waals surface area contributed by atoms with Crippen LogP contribution < -0.4 is 5.56 Å². The van der Waals surface area contributed by atoms with E-state index in [0.29, 0.717) is 27.5 Å². The summed E-state index contributed by atoms with van der Waals surface area (Å²) >= 11 is 1.47. The molecule has 7 nitrogen and oxygen atoms in total. The van der Waals surface area contributed by atoms with Crippen LogP contribution in [0.1, 0.15) is 5.69 Å². The van der Waals surface area contributed by atoms with Gasteiger partial charge in [0, 0.05) is 12.4 Å². The fourth-order valence-corrected chi connectivity index (χ4v) is 3.90. The molecule has 0 bridgehead atoms. The molecule has 0 aliphatic carbocycles. The largest absolute Gasteiger partial charge is 0.268 e. The lowest BCUT2D eigenvalue weighted by atomic mass is 10.2. The lowest BCUT2D eigenvalue weighted by Gasteiger charge is -2.06. The third-order valence-corrected chi connectivity index (χ3v) is 5.26. The van der Waals surface area contributed by atoms with Crippen molar-refractivity contribution in [2.45, 2.75) is 6.92 Å². The minimum atomic E-state index is -0.168. The lowest BCUT2D eigenvalue weighted by Crippen LogP contribution is -2.19. The molecule has 0 radical (unpaired) electrons. The van der Waals surface area contributed by atoms with Crippen molar-refractivity contribution in [3.8, 4) is 15.6 Å². The highest BCUT2D eigenvalue weighted by Crippen LogP contribution is 2.27. The Kier molecular flexibility index (Phi) is 3.19. The minimum Gasteiger partial charge on any atom is -0.268 e. The Balaban J connectivity index is 1.72. The fourth-order valence-electron chi connectivity index (χ4n) is 2.99. The molecule has 0 aliphatic rings. The van der Waals surface area contributed by atoms with Gasteiger partial charge in [-0.1, -0.05) is 41.7 Å². The van der Waals surface area contributed by atoms with Crippen molar-refractivity contribution in [2.24, 2.45) is 0 Å². The summed E-state index contributed by atoms with van der Waals surface area (Å²) < 4.78 is 3.13. The van der Waals surface area contributed by atoms with Gasteiger partial charge in [0.1, 0.15) is 6.33 Å². The van der Waals surface area contributed by atoms with E-state index in [1.165, 1.54) is 17.7 Å². The SMILES string of the molecule is Cc1nc2ncnn2c2ccn(-c3ncc(-c4ccccc4)s3)c(=O)c12. The Hall–Kier alpha value is -3.39. The summed E-state index contributed by atoms with van der Waals surface area (Å²) in [6.45, 7) is 1.81. The highest BCUT2D eigenvalue weighted by molar-refractivity contribution is 7.17. The average molecular weight is 360 g/mol. The molecule has 4 heterocycles. The van der Waals surface area contributed by atoms with Crippen LogP contribution in [0.5, 0.6) is 0 Å². The van der Waals surface area contributed by atoms with Gasteiger partial charge >= 0.3 is 0 Å². The molecule has 0 fully saturated rings. The number of hydrogen-bond donors (Lipinski definition) is 0. The van der Waals surface area contributed by atoms with Gasteiger partial charge in [-0.05, 0) is 18.6 Å². The summed E-state index contributed by atoms with van der Waals surface area (Å²) in [4.78, 5) is 27.0. The highest BCUT2D eigenvalue weighted by Gasteiger charge is 2.15. The first kappa shape index (κ1) is 14.9. The second-order valence-corrected chi connectivity index (χ2v) is 6.80. The van der Waals surface area contributed by atoms with Crippen molar-refractivity contribution in [3.05, 3.63) is 71.2 Å². The van der Waals surface area contributed by atoms with Gasteiger partial charge < -0.3 is 0 Å². The molecular weight excluding hydrogens is 348 g/mol. The Labute approximate surface area is 151 Å². The summed E-state index contributed by atoms with van der Waals surface area (Å²) in [5.41, 5.74) is 2.22. The molecule has 1 aromatic carbocycles. The number of fused-ring (bicyclic) bond motifs is 3. The number of benzene rings is 1. The topological polar surface area (TPSA) is 78.0 Å². The smallest absolute Gasteiger partial charge is 0.268 e. The maximum absolute atomic E-state index is 13.1. The van der Waals surface area contributed by atoms with E-state index < -0.39 is 0 Å². The summed E-state index contributed by atoms with van der Waals surface area (Å²) in [6, 6.07) is 11.8. The van der Waals surface area contributed by atoms with E-state index in [1.54, 1.807) is 28.4 Å². The van der Waals surface area contributed by atoms with Crippen LogP contribution in [0.15, 0.2) is 59.9 Å². The quantitative estimate of drug-likeness (QED) is 0.484. The molecule has 4 aromatic heterocycles. The molecule has 126 valence electrons. The molecule has 0 unspecified atom stereocenters. The molecular formula is C18H12N6OS. The predicted molar refractivity (Wildman–Crippen MR) is 99.7 cm³/mol. The van der Waals surface area contributed by atoms with Crippen molar-refractivity contribution in [2.75, 3.05) is 0 Å². The van der Waals surface area contributed by atoms with E-state index in [-0.39, 0.29) is 5.56 Å². The molecule has 0 saturated heterocycles. The summed E-state index contributed by atoms with van der Waals surface area (Å²) in [6.07, 6.45) is 4.94. The van der Waals surface area contributed by atoms with Crippen LogP contribution in [-0.2, 0) is 0 Å². The van der Waals surface area contributed by atoms with Crippen LogP contribution >= 0.6 is 11.3 Å². The van der Waals surface area contributed by atoms with Gasteiger partial charge in [0.05, 0.1) is 21.5 Å². The van der Waals surface area contributed by atoms with Crippen molar-refractivity contribution in [1.29, 1.82) is 0 Å². The lowest BCUT2D eigenvalue weighted by molar-refractivity contribution is 0.943. The Bertz CT molecular complexity index is 1320. The number of thiazole rings is 1. The summed E-state index contributed by atoms with van der Waals surface area (Å²) in [5.74, 6) is 0.479. The van der Waals surface area contributed by atoms with Crippen LogP contribution in [0, 0.1) is 6.92 Å². The van der Waals surface area contributed by atoms with E-state index in [9.17, 15) is 4.79 Å². The van der Waals surface area contributed by atoms with Gasteiger partial charge in [-0.25, -0.2) is 9.97 Å². The number of nitrogens with zero attached hydrogens (tertiary/aromatic N) is 6. The zero-order chi connectivity index (χ0) is 17.7. The summed E-state index contributed by atoms with van der Waals surface area (Å²) in [5, 5.41) is 5.29. The van der Waals surface area contributed by atoms with Crippen molar-refractivity contribution < 1.29 is 0 Å².